The molecule has 112 valence electrons. The lowest BCUT2D eigenvalue weighted by atomic mass is 9.86. The molecule has 0 heterocycles. The highest BCUT2D eigenvalue weighted by molar-refractivity contribution is 5.28. The molecule has 21 heavy (non-hydrogen) atoms. The van der Waals surface area contributed by atoms with E-state index in [9.17, 15) is 0 Å². The van der Waals surface area contributed by atoms with Crippen molar-refractivity contribution in [2.75, 3.05) is 6.54 Å². The summed E-state index contributed by atoms with van der Waals surface area (Å²) in [5.74, 6) is 0. The van der Waals surface area contributed by atoms with Gasteiger partial charge in [-0.25, -0.2) is 0 Å². The molecule has 1 unspecified atom stereocenters. The summed E-state index contributed by atoms with van der Waals surface area (Å²) in [4.78, 5) is 0. The minimum absolute atomic E-state index is 0.0514. The Hall–Kier alpha value is -1.64. The fourth-order valence-corrected chi connectivity index (χ4v) is 2.29. The van der Waals surface area contributed by atoms with Crippen molar-refractivity contribution in [1.82, 2.24) is 0 Å². The molecule has 0 aromatic heterocycles. The lowest BCUT2D eigenvalue weighted by Gasteiger charge is -2.21. The third-order valence-corrected chi connectivity index (χ3v) is 3.63. The Morgan fingerprint density at radius 1 is 1.00 bits per heavy atom. The van der Waals surface area contributed by atoms with Gasteiger partial charge in [-0.15, -0.1) is 0 Å². The highest BCUT2D eigenvalue weighted by Gasteiger charge is 2.14. The van der Waals surface area contributed by atoms with Gasteiger partial charge in [-0.3, -0.25) is 0 Å². The molecule has 2 heteroatoms. The van der Waals surface area contributed by atoms with E-state index in [1.165, 1.54) is 11.1 Å². The van der Waals surface area contributed by atoms with Crippen LogP contribution in [0.2, 0.25) is 0 Å². The Morgan fingerprint density at radius 2 is 1.71 bits per heavy atom. The van der Waals surface area contributed by atoms with Gasteiger partial charge in [0.1, 0.15) is 0 Å². The van der Waals surface area contributed by atoms with Crippen molar-refractivity contribution >= 4 is 0 Å². The van der Waals surface area contributed by atoms with Gasteiger partial charge >= 0.3 is 0 Å². The minimum Gasteiger partial charge on any atom is -0.368 e. The van der Waals surface area contributed by atoms with E-state index in [0.29, 0.717) is 13.2 Å². The molecule has 0 fully saturated rings. The molecule has 0 aliphatic heterocycles. The second kappa shape index (κ2) is 6.88. The van der Waals surface area contributed by atoms with Gasteiger partial charge in [0.05, 0.1) is 12.7 Å². The highest BCUT2D eigenvalue weighted by atomic mass is 16.5. The molecule has 2 nitrogen and oxygen atoms in total. The van der Waals surface area contributed by atoms with E-state index in [4.69, 9.17) is 10.5 Å². The van der Waals surface area contributed by atoms with Crippen LogP contribution >= 0.6 is 0 Å². The fraction of sp³-hybridized carbons (Fsp3) is 0.368. The number of rotatable bonds is 5. The van der Waals surface area contributed by atoms with Crippen molar-refractivity contribution < 1.29 is 4.74 Å². The van der Waals surface area contributed by atoms with E-state index in [0.717, 1.165) is 5.56 Å². The van der Waals surface area contributed by atoms with Gasteiger partial charge < -0.3 is 10.5 Å². The lowest BCUT2D eigenvalue weighted by molar-refractivity contribution is 0.0456. The van der Waals surface area contributed by atoms with Crippen molar-refractivity contribution in [3.05, 3.63) is 71.3 Å². The normalized spacial score (nSPS) is 13.1. The minimum atomic E-state index is -0.0514. The van der Waals surface area contributed by atoms with Crippen molar-refractivity contribution in [3.8, 4) is 0 Å². The standard InChI is InChI=1S/C19H25NO/c1-19(2,3)17-11-7-8-15(12-17)14-21-18(13-20)16-9-5-4-6-10-16/h4-12,18H,13-14,20H2,1-3H3. The molecule has 0 amide bonds. The fourth-order valence-electron chi connectivity index (χ4n) is 2.29. The molecule has 2 aromatic rings. The number of hydrogen-bond donors (Lipinski definition) is 1. The third kappa shape index (κ3) is 4.42. The molecule has 0 aliphatic carbocycles. The molecule has 0 bridgehead atoms. The van der Waals surface area contributed by atoms with Crippen LogP contribution in [0.5, 0.6) is 0 Å². The quantitative estimate of drug-likeness (QED) is 0.892. The summed E-state index contributed by atoms with van der Waals surface area (Å²) in [6.45, 7) is 7.74. The molecular weight excluding hydrogens is 258 g/mol. The predicted molar refractivity (Wildman–Crippen MR) is 88.2 cm³/mol. The van der Waals surface area contributed by atoms with Crippen molar-refractivity contribution in [3.63, 3.8) is 0 Å². The largest absolute Gasteiger partial charge is 0.368 e. The first-order valence-corrected chi connectivity index (χ1v) is 7.47. The second-order valence-electron chi connectivity index (χ2n) is 6.40. The van der Waals surface area contributed by atoms with Crippen LogP contribution in [0.25, 0.3) is 0 Å². The van der Waals surface area contributed by atoms with E-state index >= 15 is 0 Å². The summed E-state index contributed by atoms with van der Waals surface area (Å²) < 4.78 is 6.01. The van der Waals surface area contributed by atoms with Gasteiger partial charge in [-0.1, -0.05) is 75.4 Å². The first-order chi connectivity index (χ1) is 10.0. The molecule has 0 spiro atoms. The number of ether oxygens (including phenoxy) is 1. The third-order valence-electron chi connectivity index (χ3n) is 3.63. The number of hydrogen-bond acceptors (Lipinski definition) is 2. The van der Waals surface area contributed by atoms with E-state index in [-0.39, 0.29) is 11.5 Å². The monoisotopic (exact) mass is 283 g/mol. The molecule has 0 saturated carbocycles. The van der Waals surface area contributed by atoms with Gasteiger partial charge in [0.2, 0.25) is 0 Å². The van der Waals surface area contributed by atoms with Gasteiger partial charge in [-0.2, -0.15) is 0 Å². The average molecular weight is 283 g/mol. The van der Waals surface area contributed by atoms with Crippen LogP contribution in [0.1, 0.15) is 43.6 Å². The summed E-state index contributed by atoms with van der Waals surface area (Å²) in [6.07, 6.45) is -0.0514. The summed E-state index contributed by atoms with van der Waals surface area (Å²) in [5.41, 5.74) is 9.65. The Kier molecular flexibility index (Phi) is 5.16. The Labute approximate surface area is 127 Å². The smallest absolute Gasteiger partial charge is 0.0951 e. The molecule has 0 radical (unpaired) electrons. The van der Waals surface area contributed by atoms with Crippen LogP contribution in [0.4, 0.5) is 0 Å². The van der Waals surface area contributed by atoms with Crippen molar-refractivity contribution in [2.24, 2.45) is 5.73 Å². The number of nitrogens with two attached hydrogens (primary N) is 1. The number of benzene rings is 2. The van der Waals surface area contributed by atoms with Gasteiger partial charge in [0.15, 0.2) is 0 Å². The SMILES string of the molecule is CC(C)(C)c1cccc(COC(CN)c2ccccc2)c1. The molecule has 2 N–H and O–H groups in total. The van der Waals surface area contributed by atoms with E-state index in [1.54, 1.807) is 0 Å². The van der Waals surface area contributed by atoms with Crippen LogP contribution < -0.4 is 5.73 Å². The van der Waals surface area contributed by atoms with E-state index in [2.05, 4.69) is 57.2 Å². The first kappa shape index (κ1) is 15.7. The molecular formula is C19H25NO. The first-order valence-electron chi connectivity index (χ1n) is 7.47. The zero-order valence-corrected chi connectivity index (χ0v) is 13.2. The molecule has 0 aliphatic rings. The summed E-state index contributed by atoms with van der Waals surface area (Å²) in [7, 11) is 0. The molecule has 2 aromatic carbocycles. The highest BCUT2D eigenvalue weighted by Crippen LogP contribution is 2.24. The maximum Gasteiger partial charge on any atom is 0.0951 e. The molecule has 0 saturated heterocycles. The maximum atomic E-state index is 6.01. The average Bonchev–Trinajstić information content (AvgIpc) is 2.48. The molecule has 2 rings (SSSR count). The maximum absolute atomic E-state index is 6.01. The van der Waals surface area contributed by atoms with Crippen LogP contribution in [0, 0.1) is 0 Å². The van der Waals surface area contributed by atoms with E-state index < -0.39 is 0 Å². The topological polar surface area (TPSA) is 35.2 Å². The van der Waals surface area contributed by atoms with E-state index in [1.807, 2.05) is 18.2 Å². The van der Waals surface area contributed by atoms with Crippen molar-refractivity contribution in [1.29, 1.82) is 0 Å². The van der Waals surface area contributed by atoms with Crippen LogP contribution in [0.15, 0.2) is 54.6 Å². The van der Waals surface area contributed by atoms with Crippen LogP contribution in [-0.2, 0) is 16.8 Å². The second-order valence-corrected chi connectivity index (χ2v) is 6.40. The Morgan fingerprint density at radius 3 is 2.33 bits per heavy atom. The van der Waals surface area contributed by atoms with Gasteiger partial charge in [0, 0.05) is 6.54 Å². The summed E-state index contributed by atoms with van der Waals surface area (Å²) in [5, 5.41) is 0. The van der Waals surface area contributed by atoms with Gasteiger partial charge in [-0.05, 0) is 22.1 Å². The summed E-state index contributed by atoms with van der Waals surface area (Å²) >= 11 is 0. The zero-order chi connectivity index (χ0) is 15.3. The lowest BCUT2D eigenvalue weighted by Crippen LogP contribution is -2.16. The summed E-state index contributed by atoms with van der Waals surface area (Å²) in [6, 6.07) is 18.7. The molecule has 1 atom stereocenters. The van der Waals surface area contributed by atoms with Gasteiger partial charge in [0.25, 0.3) is 0 Å². The van der Waals surface area contributed by atoms with Crippen LogP contribution in [-0.4, -0.2) is 6.54 Å². The van der Waals surface area contributed by atoms with Crippen LogP contribution in [0.3, 0.4) is 0 Å². The van der Waals surface area contributed by atoms with Crippen molar-refractivity contribution in [2.45, 2.75) is 38.9 Å². The zero-order valence-electron chi connectivity index (χ0n) is 13.2. The Bertz CT molecular complexity index is 557. The predicted octanol–water partition coefficient (Wildman–Crippen LogP) is 4.20. The Balaban J connectivity index is 2.05.